The zero-order chi connectivity index (χ0) is 12.1. The van der Waals surface area contributed by atoms with Crippen LogP contribution in [-0.4, -0.2) is 18.4 Å². The van der Waals surface area contributed by atoms with Gasteiger partial charge < -0.3 is 0 Å². The summed E-state index contributed by atoms with van der Waals surface area (Å²) in [6.45, 7) is 5.14. The molecule has 0 aromatic rings. The van der Waals surface area contributed by atoms with Gasteiger partial charge in [-0.15, -0.1) is 0 Å². The van der Waals surface area contributed by atoms with E-state index in [9.17, 15) is 0 Å². The summed E-state index contributed by atoms with van der Waals surface area (Å²) in [6, 6.07) is 0. The van der Waals surface area contributed by atoms with Crippen molar-refractivity contribution in [2.24, 2.45) is 0 Å². The van der Waals surface area contributed by atoms with Gasteiger partial charge in [-0.3, -0.25) is 0 Å². The molecule has 0 unspecified atom stereocenters. The Hall–Kier alpha value is 0.799. The van der Waals surface area contributed by atoms with Crippen LogP contribution in [0.15, 0.2) is 0 Å². The minimum atomic E-state index is -1.79. The molecule has 0 aromatic carbocycles. The fraction of sp³-hybridized carbons (Fsp3) is 1.00. The number of hydrogen-bond acceptors (Lipinski definition) is 0. The first-order valence-electron chi connectivity index (χ1n) is 8.33. The summed E-state index contributed by atoms with van der Waals surface area (Å²) in [5, 5.41) is 0. The molecule has 1 heteroatoms. The van der Waals surface area contributed by atoms with Gasteiger partial charge in [0.1, 0.15) is 0 Å². The van der Waals surface area contributed by atoms with Crippen molar-refractivity contribution >= 4 is 18.4 Å². The fourth-order valence-corrected chi connectivity index (χ4v) is 23.9. The summed E-state index contributed by atoms with van der Waals surface area (Å²) in [5.41, 5.74) is 0. The summed E-state index contributed by atoms with van der Waals surface area (Å²) in [5.74, 6) is 0. The standard InChI is InChI=1S/2C6H11.2C2H5.Sn/c2*1-2-4-6-5-3-1;2*1-2;/h2*1H,2-6H2;2*1H2,2H3;. The van der Waals surface area contributed by atoms with Crippen LogP contribution in [0.5, 0.6) is 0 Å². The van der Waals surface area contributed by atoms with Crippen molar-refractivity contribution in [3.8, 4) is 0 Å². The summed E-state index contributed by atoms with van der Waals surface area (Å²) >= 11 is -1.79. The van der Waals surface area contributed by atoms with E-state index >= 15 is 0 Å². The van der Waals surface area contributed by atoms with Crippen LogP contribution in [0.2, 0.25) is 16.7 Å². The van der Waals surface area contributed by atoms with Gasteiger partial charge in [-0.05, 0) is 0 Å². The third-order valence-corrected chi connectivity index (χ3v) is 26.2. The fourth-order valence-electron chi connectivity index (χ4n) is 5.09. The van der Waals surface area contributed by atoms with Gasteiger partial charge in [0.2, 0.25) is 0 Å². The molecule has 0 heterocycles. The summed E-state index contributed by atoms with van der Waals surface area (Å²) in [7, 11) is 0. The molecule has 2 saturated carbocycles. The van der Waals surface area contributed by atoms with E-state index in [0.717, 1.165) is 0 Å². The Labute approximate surface area is 113 Å². The van der Waals surface area contributed by atoms with Crippen molar-refractivity contribution < 1.29 is 0 Å². The normalized spacial score (nSPS) is 25.1. The summed E-state index contributed by atoms with van der Waals surface area (Å²) in [4.78, 5) is 0. The van der Waals surface area contributed by atoms with Crippen LogP contribution in [0, 0.1) is 0 Å². The topological polar surface area (TPSA) is 0 Å². The number of rotatable bonds is 4. The van der Waals surface area contributed by atoms with E-state index in [1.165, 1.54) is 20.7 Å². The molecule has 0 N–H and O–H groups in total. The Morgan fingerprint density at radius 1 is 0.647 bits per heavy atom. The predicted octanol–water partition coefficient (Wildman–Crippen LogP) is 6.14. The molecule has 0 saturated heterocycles. The SMILES string of the molecule is C[CH2][Sn]([CH2]C)([CH]1CCCCC1)[CH]1CCCCC1. The van der Waals surface area contributed by atoms with Gasteiger partial charge >= 0.3 is 113 Å². The second-order valence-electron chi connectivity index (χ2n) is 6.61. The Balaban J connectivity index is 2.10. The second-order valence-corrected chi connectivity index (χ2v) is 22.3. The first-order valence-corrected chi connectivity index (χ1v) is 15.7. The van der Waals surface area contributed by atoms with E-state index in [0.29, 0.717) is 0 Å². The molecule has 2 rings (SSSR count). The van der Waals surface area contributed by atoms with Crippen LogP contribution in [0.1, 0.15) is 78.1 Å². The monoisotopic (exact) mass is 344 g/mol. The van der Waals surface area contributed by atoms with Gasteiger partial charge in [-0.2, -0.15) is 0 Å². The molecule has 2 aliphatic rings. The molecule has 0 spiro atoms. The molecule has 2 aliphatic carbocycles. The van der Waals surface area contributed by atoms with Gasteiger partial charge in [0.05, 0.1) is 0 Å². The van der Waals surface area contributed by atoms with Crippen molar-refractivity contribution in [2.45, 2.75) is 94.8 Å². The molecular formula is C16H32Sn. The molecule has 0 atom stereocenters. The van der Waals surface area contributed by atoms with Gasteiger partial charge in [-0.25, -0.2) is 0 Å². The van der Waals surface area contributed by atoms with E-state index in [2.05, 4.69) is 13.8 Å². The summed E-state index contributed by atoms with van der Waals surface area (Å²) in [6.07, 6.45) is 15.9. The molecule has 100 valence electrons. The average molecular weight is 343 g/mol. The molecule has 0 aliphatic heterocycles. The van der Waals surface area contributed by atoms with Crippen LogP contribution in [0.4, 0.5) is 0 Å². The molecule has 0 nitrogen and oxygen atoms in total. The molecule has 0 radical (unpaired) electrons. The first-order chi connectivity index (χ1) is 8.33. The van der Waals surface area contributed by atoms with Crippen LogP contribution in [-0.2, 0) is 0 Å². The van der Waals surface area contributed by atoms with Crippen LogP contribution < -0.4 is 0 Å². The quantitative estimate of drug-likeness (QED) is 0.538. The minimum absolute atomic E-state index is 1.27. The molecule has 2 fully saturated rings. The van der Waals surface area contributed by atoms with Gasteiger partial charge in [-0.1, -0.05) is 0 Å². The van der Waals surface area contributed by atoms with Crippen LogP contribution in [0.25, 0.3) is 0 Å². The van der Waals surface area contributed by atoms with E-state index in [-0.39, 0.29) is 0 Å². The van der Waals surface area contributed by atoms with Crippen molar-refractivity contribution in [3.63, 3.8) is 0 Å². The Morgan fingerprint density at radius 2 is 1.00 bits per heavy atom. The maximum atomic E-state index is 2.57. The molecule has 0 amide bonds. The van der Waals surface area contributed by atoms with Gasteiger partial charge in [0, 0.05) is 0 Å². The Morgan fingerprint density at radius 3 is 1.29 bits per heavy atom. The Kier molecular flexibility index (Phi) is 5.70. The molecule has 17 heavy (non-hydrogen) atoms. The molecule has 0 aromatic heterocycles. The van der Waals surface area contributed by atoms with E-state index in [1.54, 1.807) is 60.2 Å². The summed E-state index contributed by atoms with van der Waals surface area (Å²) < 4.78 is 5.86. The zero-order valence-electron chi connectivity index (χ0n) is 12.1. The molecule has 0 bridgehead atoms. The van der Waals surface area contributed by atoms with Crippen LogP contribution >= 0.6 is 0 Å². The second kappa shape index (κ2) is 6.82. The van der Waals surface area contributed by atoms with E-state index in [4.69, 9.17) is 0 Å². The van der Waals surface area contributed by atoms with Gasteiger partial charge in [0.25, 0.3) is 0 Å². The van der Waals surface area contributed by atoms with Crippen molar-refractivity contribution in [1.82, 2.24) is 0 Å². The van der Waals surface area contributed by atoms with Crippen molar-refractivity contribution in [3.05, 3.63) is 0 Å². The van der Waals surface area contributed by atoms with Crippen LogP contribution in [0.3, 0.4) is 0 Å². The zero-order valence-corrected chi connectivity index (χ0v) is 15.0. The average Bonchev–Trinajstić information content (AvgIpc) is 2.43. The molecular weight excluding hydrogens is 311 g/mol. The third-order valence-electron chi connectivity index (χ3n) is 6.15. The maximum absolute atomic E-state index is 2.57. The van der Waals surface area contributed by atoms with E-state index in [1.807, 2.05) is 0 Å². The predicted molar refractivity (Wildman–Crippen MR) is 80.4 cm³/mol. The Bertz CT molecular complexity index is 188. The number of hydrogen-bond donors (Lipinski definition) is 0. The van der Waals surface area contributed by atoms with E-state index < -0.39 is 18.4 Å². The third kappa shape index (κ3) is 3.04. The van der Waals surface area contributed by atoms with Gasteiger partial charge in [0.15, 0.2) is 0 Å². The van der Waals surface area contributed by atoms with Crippen molar-refractivity contribution in [2.75, 3.05) is 0 Å². The van der Waals surface area contributed by atoms with Crippen molar-refractivity contribution in [1.29, 1.82) is 0 Å². The first kappa shape index (κ1) is 14.2.